The van der Waals surface area contributed by atoms with Gasteiger partial charge in [0.2, 0.25) is 5.95 Å². The second kappa shape index (κ2) is 5.27. The Hall–Kier alpha value is -0.420. The van der Waals surface area contributed by atoms with Gasteiger partial charge in [-0.15, -0.1) is 0 Å². The fraction of sp³-hybridized carbons (Fsp3) is 0.636. The highest BCUT2D eigenvalue weighted by Gasteiger charge is 2.15. The quantitative estimate of drug-likeness (QED) is 0.868. The Labute approximate surface area is 109 Å². The minimum Gasteiger partial charge on any atom is -0.342 e. The number of hydrogen-bond donors (Lipinski definition) is 1. The highest BCUT2D eigenvalue weighted by molar-refractivity contribution is 9.10. The van der Waals surface area contributed by atoms with E-state index in [1.54, 1.807) is 0 Å². The Morgan fingerprint density at radius 1 is 1.44 bits per heavy atom. The summed E-state index contributed by atoms with van der Waals surface area (Å²) in [7, 11) is 0. The van der Waals surface area contributed by atoms with Crippen molar-refractivity contribution in [2.75, 3.05) is 18.0 Å². The summed E-state index contributed by atoms with van der Waals surface area (Å²) in [5.41, 5.74) is 1.17. The molecule has 1 aliphatic rings. The van der Waals surface area contributed by atoms with Crippen LogP contribution in [0.5, 0.6) is 0 Å². The van der Waals surface area contributed by atoms with Crippen molar-refractivity contribution in [2.45, 2.75) is 32.6 Å². The molecule has 1 fully saturated rings. The molecule has 0 amide bonds. The molecule has 5 heteroatoms. The molecule has 0 bridgehead atoms. The topological polar surface area (TPSA) is 31.9 Å². The lowest BCUT2D eigenvalue weighted by molar-refractivity contribution is 0.828. The van der Waals surface area contributed by atoms with Crippen LogP contribution >= 0.6 is 28.1 Å². The third-order valence-corrected chi connectivity index (χ3v) is 4.24. The summed E-state index contributed by atoms with van der Waals surface area (Å²) in [5.74, 6) is 0.939. The lowest BCUT2D eigenvalue weighted by atomic mass is 10.2. The maximum atomic E-state index is 5.27. The average Bonchev–Trinajstić information content (AvgIpc) is 2.78. The first-order valence-corrected chi connectivity index (χ1v) is 6.96. The predicted molar refractivity (Wildman–Crippen MR) is 72.6 cm³/mol. The number of aryl methyl sites for hydroxylation is 1. The monoisotopic (exact) mass is 301 g/mol. The number of halogens is 1. The standard InChI is InChI=1S/C11H16BrN3S/c1-2-5-8-9(12)10(16)14-11(13-8)15-6-3-4-7-15/h2-7H2,1H3,(H,13,14,16). The van der Waals surface area contributed by atoms with E-state index in [0.29, 0.717) is 4.64 Å². The van der Waals surface area contributed by atoms with Crippen LogP contribution in [0, 0.1) is 4.64 Å². The molecule has 0 unspecified atom stereocenters. The van der Waals surface area contributed by atoms with Gasteiger partial charge in [0.05, 0.1) is 4.47 Å². The fourth-order valence-corrected chi connectivity index (χ4v) is 2.59. The van der Waals surface area contributed by atoms with Crippen LogP contribution in [-0.2, 0) is 6.42 Å². The highest BCUT2D eigenvalue weighted by Crippen LogP contribution is 2.22. The second-order valence-corrected chi connectivity index (χ2v) is 5.28. The first-order chi connectivity index (χ1) is 7.72. The Morgan fingerprint density at radius 3 is 2.75 bits per heavy atom. The van der Waals surface area contributed by atoms with E-state index >= 15 is 0 Å². The Morgan fingerprint density at radius 2 is 2.12 bits per heavy atom. The van der Waals surface area contributed by atoms with Crippen LogP contribution in [0.15, 0.2) is 4.47 Å². The highest BCUT2D eigenvalue weighted by atomic mass is 79.9. The second-order valence-electron chi connectivity index (χ2n) is 4.10. The van der Waals surface area contributed by atoms with Crippen molar-refractivity contribution in [3.8, 4) is 0 Å². The van der Waals surface area contributed by atoms with Crippen LogP contribution in [0.1, 0.15) is 31.9 Å². The van der Waals surface area contributed by atoms with E-state index in [2.05, 4.69) is 37.7 Å². The summed E-state index contributed by atoms with van der Waals surface area (Å²) >= 11 is 8.78. The smallest absolute Gasteiger partial charge is 0.204 e. The molecule has 1 saturated heterocycles. The third kappa shape index (κ3) is 2.46. The van der Waals surface area contributed by atoms with E-state index in [1.165, 1.54) is 18.5 Å². The molecule has 16 heavy (non-hydrogen) atoms. The van der Waals surface area contributed by atoms with Crippen molar-refractivity contribution in [1.29, 1.82) is 0 Å². The van der Waals surface area contributed by atoms with Gasteiger partial charge >= 0.3 is 0 Å². The van der Waals surface area contributed by atoms with Gasteiger partial charge in [-0.25, -0.2) is 4.98 Å². The molecule has 1 N–H and O–H groups in total. The van der Waals surface area contributed by atoms with Gasteiger partial charge in [0.25, 0.3) is 0 Å². The average molecular weight is 302 g/mol. The van der Waals surface area contributed by atoms with Crippen molar-refractivity contribution in [2.24, 2.45) is 0 Å². The maximum absolute atomic E-state index is 5.27. The van der Waals surface area contributed by atoms with Crippen molar-refractivity contribution in [3.05, 3.63) is 14.8 Å². The Bertz CT molecular complexity index is 424. The Kier molecular flexibility index (Phi) is 3.97. The van der Waals surface area contributed by atoms with Gasteiger partial charge in [0.15, 0.2) is 0 Å². The molecule has 0 aliphatic carbocycles. The molecule has 3 nitrogen and oxygen atoms in total. The zero-order valence-corrected chi connectivity index (χ0v) is 11.8. The van der Waals surface area contributed by atoms with E-state index in [1.807, 2.05) is 0 Å². The van der Waals surface area contributed by atoms with Gasteiger partial charge in [-0.3, -0.25) is 0 Å². The van der Waals surface area contributed by atoms with Gasteiger partial charge in [0.1, 0.15) is 4.64 Å². The van der Waals surface area contributed by atoms with Crippen molar-refractivity contribution in [1.82, 2.24) is 9.97 Å². The van der Waals surface area contributed by atoms with Gasteiger partial charge in [0, 0.05) is 18.8 Å². The molecular weight excluding hydrogens is 286 g/mol. The molecule has 0 aromatic carbocycles. The number of hydrogen-bond acceptors (Lipinski definition) is 3. The van der Waals surface area contributed by atoms with Crippen LogP contribution in [0.3, 0.4) is 0 Å². The van der Waals surface area contributed by atoms with Gasteiger partial charge in [-0.1, -0.05) is 25.6 Å². The summed E-state index contributed by atoms with van der Waals surface area (Å²) in [6.45, 7) is 4.34. The SMILES string of the molecule is CCCc1[nH]c(N2CCCC2)nc(=S)c1Br. The first-order valence-electron chi connectivity index (χ1n) is 5.76. The van der Waals surface area contributed by atoms with E-state index in [-0.39, 0.29) is 0 Å². The van der Waals surface area contributed by atoms with Crippen LogP contribution in [0.4, 0.5) is 5.95 Å². The molecular formula is C11H16BrN3S. The van der Waals surface area contributed by atoms with Crippen LogP contribution < -0.4 is 4.90 Å². The fourth-order valence-electron chi connectivity index (χ4n) is 1.99. The molecule has 0 saturated carbocycles. The van der Waals surface area contributed by atoms with E-state index in [4.69, 9.17) is 12.2 Å². The number of aromatic amines is 1. The number of rotatable bonds is 3. The summed E-state index contributed by atoms with van der Waals surface area (Å²) in [5, 5.41) is 0. The van der Waals surface area contributed by atoms with E-state index in [0.717, 1.165) is 36.4 Å². The van der Waals surface area contributed by atoms with Crippen LogP contribution in [0.25, 0.3) is 0 Å². The largest absolute Gasteiger partial charge is 0.342 e. The zero-order chi connectivity index (χ0) is 11.5. The van der Waals surface area contributed by atoms with Crippen molar-refractivity contribution >= 4 is 34.1 Å². The number of H-pyrrole nitrogens is 1. The number of nitrogens with one attached hydrogen (secondary N) is 1. The van der Waals surface area contributed by atoms with Crippen LogP contribution in [0.2, 0.25) is 0 Å². The number of aromatic nitrogens is 2. The van der Waals surface area contributed by atoms with Crippen molar-refractivity contribution < 1.29 is 0 Å². The summed E-state index contributed by atoms with van der Waals surface area (Å²) in [6.07, 6.45) is 4.61. The third-order valence-electron chi connectivity index (χ3n) is 2.83. The van der Waals surface area contributed by atoms with Crippen molar-refractivity contribution in [3.63, 3.8) is 0 Å². The summed E-state index contributed by atoms with van der Waals surface area (Å²) < 4.78 is 1.62. The lowest BCUT2D eigenvalue weighted by Crippen LogP contribution is -2.21. The van der Waals surface area contributed by atoms with Crippen LogP contribution in [-0.4, -0.2) is 23.1 Å². The number of nitrogens with zero attached hydrogens (tertiary/aromatic N) is 2. The molecule has 0 radical (unpaired) electrons. The number of anilines is 1. The minimum atomic E-state index is 0.670. The molecule has 0 spiro atoms. The molecule has 1 aliphatic heterocycles. The molecule has 2 rings (SSSR count). The summed E-state index contributed by atoms with van der Waals surface area (Å²) in [4.78, 5) is 10.1. The van der Waals surface area contributed by atoms with Gasteiger partial charge in [-0.2, -0.15) is 0 Å². The molecule has 88 valence electrons. The minimum absolute atomic E-state index is 0.670. The zero-order valence-electron chi connectivity index (χ0n) is 9.42. The molecule has 1 aromatic rings. The molecule has 1 aromatic heterocycles. The van der Waals surface area contributed by atoms with E-state index < -0.39 is 0 Å². The predicted octanol–water partition coefficient (Wildman–Crippen LogP) is 3.45. The molecule has 0 atom stereocenters. The van der Waals surface area contributed by atoms with Gasteiger partial charge in [-0.05, 0) is 35.2 Å². The summed E-state index contributed by atoms with van der Waals surface area (Å²) in [6, 6.07) is 0. The normalized spacial score (nSPS) is 15.8. The lowest BCUT2D eigenvalue weighted by Gasteiger charge is -2.17. The van der Waals surface area contributed by atoms with Gasteiger partial charge < -0.3 is 9.88 Å². The van der Waals surface area contributed by atoms with E-state index in [9.17, 15) is 0 Å². The molecule has 2 heterocycles. The Balaban J connectivity index is 2.35. The maximum Gasteiger partial charge on any atom is 0.204 e. The first kappa shape index (κ1) is 12.0.